The minimum absolute atomic E-state index is 0.0732. The van der Waals surface area contributed by atoms with Gasteiger partial charge in [-0.15, -0.1) is 0 Å². The number of ether oxygens (including phenoxy) is 2. The molecule has 3 rings (SSSR count). The van der Waals surface area contributed by atoms with E-state index in [4.69, 9.17) is 9.47 Å². The van der Waals surface area contributed by atoms with Crippen molar-refractivity contribution in [3.63, 3.8) is 0 Å². The highest BCUT2D eigenvalue weighted by atomic mass is 127. The molecule has 0 aliphatic carbocycles. The molecule has 0 saturated carbocycles. The van der Waals surface area contributed by atoms with Gasteiger partial charge in [-0.1, -0.05) is 72.8 Å². The molecule has 0 aliphatic rings. The minimum atomic E-state index is -0.955. The predicted molar refractivity (Wildman–Crippen MR) is 141 cm³/mol. The second-order valence-corrected chi connectivity index (χ2v) is 9.11. The van der Waals surface area contributed by atoms with Crippen LogP contribution in [-0.4, -0.2) is 37.2 Å². The van der Waals surface area contributed by atoms with Gasteiger partial charge in [0.2, 0.25) is 5.91 Å². The Morgan fingerprint density at radius 1 is 0.771 bits per heavy atom. The van der Waals surface area contributed by atoms with Gasteiger partial charge < -0.3 is 20.1 Å². The lowest BCUT2D eigenvalue weighted by molar-refractivity contribution is -0.145. The number of hydrogen-bond acceptors (Lipinski definition) is 5. The van der Waals surface area contributed by atoms with Crippen LogP contribution < -0.4 is 10.6 Å². The van der Waals surface area contributed by atoms with Crippen molar-refractivity contribution in [1.29, 1.82) is 0 Å². The first-order valence-electron chi connectivity index (χ1n) is 11.1. The quantitative estimate of drug-likeness (QED) is 0.277. The van der Waals surface area contributed by atoms with Crippen molar-refractivity contribution >= 4 is 40.6 Å². The molecule has 182 valence electrons. The van der Waals surface area contributed by atoms with E-state index in [0.29, 0.717) is 0 Å². The standard InChI is InChI=1S/C27H27IN2O5/c1-34-26(32)24(17-21-13-8-14-22(28)15-21)29-25(31)23(16-19-9-4-2-5-10-19)30-27(33)35-18-20-11-6-3-7-12-20/h2-15,23-24H,16-18H2,1H3,(H,29,31)(H,30,33)/t23-,24+/m0/s1. The molecule has 3 aromatic rings. The number of esters is 1. The maximum absolute atomic E-state index is 13.3. The van der Waals surface area contributed by atoms with E-state index < -0.39 is 30.1 Å². The van der Waals surface area contributed by atoms with Crippen LogP contribution in [0.2, 0.25) is 0 Å². The normalized spacial score (nSPS) is 12.2. The maximum atomic E-state index is 13.3. The van der Waals surface area contributed by atoms with Gasteiger partial charge in [0.25, 0.3) is 0 Å². The summed E-state index contributed by atoms with van der Waals surface area (Å²) in [6, 6.07) is 24.3. The second-order valence-electron chi connectivity index (χ2n) is 7.87. The monoisotopic (exact) mass is 586 g/mol. The first-order valence-corrected chi connectivity index (χ1v) is 12.2. The number of alkyl carbamates (subject to hydrolysis) is 1. The molecule has 0 bridgehead atoms. The molecular formula is C27H27IN2O5. The number of benzene rings is 3. The van der Waals surface area contributed by atoms with Gasteiger partial charge in [-0.2, -0.15) is 0 Å². The van der Waals surface area contributed by atoms with Gasteiger partial charge in [-0.3, -0.25) is 4.79 Å². The second kappa shape index (κ2) is 13.5. The van der Waals surface area contributed by atoms with Gasteiger partial charge in [0.15, 0.2) is 0 Å². The van der Waals surface area contributed by atoms with E-state index in [1.54, 1.807) is 0 Å². The Balaban J connectivity index is 1.71. The summed E-state index contributed by atoms with van der Waals surface area (Å²) in [5.41, 5.74) is 2.56. The number of carbonyl (C=O) groups excluding carboxylic acids is 3. The van der Waals surface area contributed by atoms with Gasteiger partial charge in [0.1, 0.15) is 18.7 Å². The average molecular weight is 586 g/mol. The molecule has 0 fully saturated rings. The molecule has 2 N–H and O–H groups in total. The molecule has 0 radical (unpaired) electrons. The van der Waals surface area contributed by atoms with Crippen LogP contribution >= 0.6 is 22.6 Å². The van der Waals surface area contributed by atoms with Gasteiger partial charge >= 0.3 is 12.1 Å². The van der Waals surface area contributed by atoms with Crippen LogP contribution in [0.25, 0.3) is 0 Å². The smallest absolute Gasteiger partial charge is 0.408 e. The van der Waals surface area contributed by atoms with Crippen molar-refractivity contribution in [2.45, 2.75) is 31.5 Å². The zero-order chi connectivity index (χ0) is 25.0. The van der Waals surface area contributed by atoms with Crippen LogP contribution in [0.5, 0.6) is 0 Å². The summed E-state index contributed by atoms with van der Waals surface area (Å²) in [7, 11) is 1.27. The Kier molecular flexibility index (Phi) is 10.1. The van der Waals surface area contributed by atoms with Crippen LogP contribution in [0.4, 0.5) is 4.79 Å². The summed E-state index contributed by atoms with van der Waals surface area (Å²) < 4.78 is 11.2. The van der Waals surface area contributed by atoms with Gasteiger partial charge in [0, 0.05) is 16.4 Å². The van der Waals surface area contributed by atoms with E-state index in [1.165, 1.54) is 7.11 Å². The van der Waals surface area contributed by atoms with E-state index >= 15 is 0 Å². The summed E-state index contributed by atoms with van der Waals surface area (Å²) in [6.45, 7) is 0.0732. The number of carbonyl (C=O) groups is 3. The molecule has 0 aliphatic heterocycles. The predicted octanol–water partition coefficient (Wildman–Crippen LogP) is 4.03. The van der Waals surface area contributed by atoms with Crippen LogP contribution in [-0.2, 0) is 38.5 Å². The zero-order valence-electron chi connectivity index (χ0n) is 19.3. The summed E-state index contributed by atoms with van der Waals surface area (Å²) in [5.74, 6) is -1.08. The lowest BCUT2D eigenvalue weighted by Gasteiger charge is -2.22. The van der Waals surface area contributed by atoms with E-state index in [0.717, 1.165) is 20.3 Å². The Labute approximate surface area is 218 Å². The van der Waals surface area contributed by atoms with Gasteiger partial charge in [-0.25, -0.2) is 9.59 Å². The third-order valence-electron chi connectivity index (χ3n) is 5.24. The summed E-state index contributed by atoms with van der Waals surface area (Å²) in [5, 5.41) is 5.39. The number of halogens is 1. The molecule has 2 amide bonds. The number of amides is 2. The Morgan fingerprint density at radius 2 is 1.37 bits per heavy atom. The van der Waals surface area contributed by atoms with Crippen LogP contribution in [0, 0.1) is 3.57 Å². The topological polar surface area (TPSA) is 93.7 Å². The fourth-order valence-electron chi connectivity index (χ4n) is 3.47. The summed E-state index contributed by atoms with van der Waals surface area (Å²) >= 11 is 2.19. The average Bonchev–Trinajstić information content (AvgIpc) is 2.87. The van der Waals surface area contributed by atoms with Crippen LogP contribution in [0.15, 0.2) is 84.9 Å². The first-order chi connectivity index (χ1) is 16.9. The van der Waals surface area contributed by atoms with E-state index in [9.17, 15) is 14.4 Å². The van der Waals surface area contributed by atoms with E-state index in [-0.39, 0.29) is 19.4 Å². The zero-order valence-corrected chi connectivity index (χ0v) is 21.4. The van der Waals surface area contributed by atoms with Crippen LogP contribution in [0.3, 0.4) is 0 Å². The summed E-state index contributed by atoms with van der Waals surface area (Å²) in [6.07, 6.45) is -0.243. The lowest BCUT2D eigenvalue weighted by atomic mass is 10.0. The van der Waals surface area contributed by atoms with Gasteiger partial charge in [-0.05, 0) is 51.4 Å². The Morgan fingerprint density at radius 3 is 2.00 bits per heavy atom. The van der Waals surface area contributed by atoms with Crippen molar-refractivity contribution in [1.82, 2.24) is 10.6 Å². The molecule has 35 heavy (non-hydrogen) atoms. The van der Waals surface area contributed by atoms with Crippen molar-refractivity contribution in [3.05, 3.63) is 105 Å². The molecule has 3 aromatic carbocycles. The molecule has 0 saturated heterocycles. The van der Waals surface area contributed by atoms with Gasteiger partial charge in [0.05, 0.1) is 7.11 Å². The molecule has 0 unspecified atom stereocenters. The minimum Gasteiger partial charge on any atom is -0.467 e. The number of methoxy groups -OCH3 is 1. The number of hydrogen-bond donors (Lipinski definition) is 2. The molecule has 0 aromatic heterocycles. The highest BCUT2D eigenvalue weighted by Crippen LogP contribution is 2.12. The summed E-state index contributed by atoms with van der Waals surface area (Å²) in [4.78, 5) is 38.2. The highest BCUT2D eigenvalue weighted by Gasteiger charge is 2.28. The first kappa shape index (κ1) is 26.2. The highest BCUT2D eigenvalue weighted by molar-refractivity contribution is 14.1. The number of rotatable bonds is 10. The van der Waals surface area contributed by atoms with Crippen molar-refractivity contribution < 1.29 is 23.9 Å². The fraction of sp³-hybridized carbons (Fsp3) is 0.222. The molecular weight excluding hydrogens is 559 g/mol. The largest absolute Gasteiger partial charge is 0.467 e. The third-order valence-corrected chi connectivity index (χ3v) is 5.91. The van der Waals surface area contributed by atoms with E-state index in [2.05, 4.69) is 33.2 Å². The van der Waals surface area contributed by atoms with Crippen LogP contribution in [0.1, 0.15) is 16.7 Å². The molecule has 0 spiro atoms. The number of nitrogens with one attached hydrogen (secondary N) is 2. The maximum Gasteiger partial charge on any atom is 0.408 e. The van der Waals surface area contributed by atoms with Crippen molar-refractivity contribution in [2.75, 3.05) is 7.11 Å². The lowest BCUT2D eigenvalue weighted by Crippen LogP contribution is -2.53. The molecule has 7 nitrogen and oxygen atoms in total. The third kappa shape index (κ3) is 8.71. The van der Waals surface area contributed by atoms with E-state index in [1.807, 2.05) is 84.9 Å². The molecule has 2 atom stereocenters. The van der Waals surface area contributed by atoms with Crippen molar-refractivity contribution in [3.8, 4) is 0 Å². The SMILES string of the molecule is COC(=O)[C@@H](Cc1cccc(I)c1)NC(=O)[C@H](Cc1ccccc1)NC(=O)OCc1ccccc1. The van der Waals surface area contributed by atoms with Crippen molar-refractivity contribution in [2.24, 2.45) is 0 Å². The molecule has 0 heterocycles. The Hall–Kier alpha value is -3.40. The Bertz CT molecular complexity index is 1120. The molecule has 8 heteroatoms. The fourth-order valence-corrected chi connectivity index (χ4v) is 4.08.